The van der Waals surface area contributed by atoms with Gasteiger partial charge in [-0.2, -0.15) is 0 Å². The molecule has 0 aliphatic rings. The third-order valence-corrected chi connectivity index (χ3v) is 2.47. The summed E-state index contributed by atoms with van der Waals surface area (Å²) < 4.78 is 5.37. The fraction of sp³-hybridized carbons (Fsp3) is 0.500. The molecule has 1 unspecified atom stereocenters. The topological polar surface area (TPSA) is 35.2 Å². The van der Waals surface area contributed by atoms with Gasteiger partial charge in [-0.3, -0.25) is 0 Å². The Kier molecular flexibility index (Phi) is 4.63. The maximum atomic E-state index is 5.52. The highest BCUT2D eigenvalue weighted by atomic mass is 16.5. The van der Waals surface area contributed by atoms with Gasteiger partial charge < -0.3 is 10.5 Å². The molecule has 0 spiro atoms. The molecule has 2 nitrogen and oxygen atoms in total. The normalized spacial score (nSPS) is 12.8. The Labute approximate surface area is 86.1 Å². The van der Waals surface area contributed by atoms with Gasteiger partial charge in [-0.25, -0.2) is 0 Å². The van der Waals surface area contributed by atoms with Crippen LogP contribution in [0, 0.1) is 0 Å². The van der Waals surface area contributed by atoms with Crippen LogP contribution in [0.2, 0.25) is 0 Å². The smallest absolute Gasteiger partial charge is 0.0833 e. The average Bonchev–Trinajstić information content (AvgIpc) is 2.26. The SMILES string of the molecule is CCc1ccc(C(CCN)OC)cc1. The average molecular weight is 193 g/mol. The highest BCUT2D eigenvalue weighted by molar-refractivity contribution is 5.24. The van der Waals surface area contributed by atoms with Crippen LogP contribution in [0.3, 0.4) is 0 Å². The summed E-state index contributed by atoms with van der Waals surface area (Å²) in [5.74, 6) is 0. The lowest BCUT2D eigenvalue weighted by atomic mass is 10.0. The van der Waals surface area contributed by atoms with E-state index in [1.165, 1.54) is 11.1 Å². The standard InChI is InChI=1S/C12H19NO/c1-3-10-4-6-11(7-5-10)12(14-2)8-9-13/h4-7,12H,3,8-9,13H2,1-2H3. The van der Waals surface area contributed by atoms with Crippen LogP contribution < -0.4 is 5.73 Å². The monoisotopic (exact) mass is 193 g/mol. The van der Waals surface area contributed by atoms with Gasteiger partial charge in [-0.15, -0.1) is 0 Å². The Bertz CT molecular complexity index is 256. The van der Waals surface area contributed by atoms with E-state index in [4.69, 9.17) is 10.5 Å². The fourth-order valence-electron chi connectivity index (χ4n) is 1.54. The predicted molar refractivity (Wildman–Crippen MR) is 59.2 cm³/mol. The molecule has 1 aromatic carbocycles. The molecule has 1 aromatic rings. The summed E-state index contributed by atoms with van der Waals surface area (Å²) in [6.45, 7) is 2.82. The van der Waals surface area contributed by atoms with E-state index < -0.39 is 0 Å². The summed E-state index contributed by atoms with van der Waals surface area (Å²) in [6, 6.07) is 8.56. The van der Waals surface area contributed by atoms with Gasteiger partial charge >= 0.3 is 0 Å². The molecular formula is C12H19NO. The van der Waals surface area contributed by atoms with Gasteiger partial charge in [0.15, 0.2) is 0 Å². The summed E-state index contributed by atoms with van der Waals surface area (Å²) >= 11 is 0. The molecule has 0 fully saturated rings. The molecule has 14 heavy (non-hydrogen) atoms. The van der Waals surface area contributed by atoms with Crippen LogP contribution in [-0.2, 0) is 11.2 Å². The third-order valence-electron chi connectivity index (χ3n) is 2.47. The van der Waals surface area contributed by atoms with Crippen molar-refractivity contribution in [3.05, 3.63) is 35.4 Å². The van der Waals surface area contributed by atoms with Gasteiger partial charge in [0.05, 0.1) is 6.10 Å². The molecule has 0 aliphatic heterocycles. The second-order valence-electron chi connectivity index (χ2n) is 3.40. The molecule has 0 aromatic heterocycles. The van der Waals surface area contributed by atoms with Crippen molar-refractivity contribution in [2.45, 2.75) is 25.9 Å². The van der Waals surface area contributed by atoms with E-state index in [0.717, 1.165) is 12.8 Å². The summed E-state index contributed by atoms with van der Waals surface area (Å²) in [5, 5.41) is 0. The number of hydrogen-bond acceptors (Lipinski definition) is 2. The molecule has 0 bridgehead atoms. The molecule has 2 heteroatoms. The Morgan fingerprint density at radius 1 is 1.29 bits per heavy atom. The van der Waals surface area contributed by atoms with Crippen LogP contribution in [0.15, 0.2) is 24.3 Å². The third kappa shape index (κ3) is 2.82. The van der Waals surface area contributed by atoms with E-state index in [1.54, 1.807) is 7.11 Å². The molecule has 1 atom stereocenters. The first-order valence-corrected chi connectivity index (χ1v) is 5.13. The predicted octanol–water partition coefficient (Wildman–Crippen LogP) is 2.29. The quantitative estimate of drug-likeness (QED) is 0.778. The van der Waals surface area contributed by atoms with Crippen molar-refractivity contribution in [1.82, 2.24) is 0 Å². The van der Waals surface area contributed by atoms with Crippen molar-refractivity contribution in [3.8, 4) is 0 Å². The van der Waals surface area contributed by atoms with Crippen molar-refractivity contribution in [2.75, 3.05) is 13.7 Å². The molecule has 2 N–H and O–H groups in total. The molecule has 0 saturated carbocycles. The van der Waals surface area contributed by atoms with E-state index in [9.17, 15) is 0 Å². The molecule has 0 aliphatic carbocycles. The first-order valence-electron chi connectivity index (χ1n) is 5.13. The van der Waals surface area contributed by atoms with Crippen molar-refractivity contribution in [1.29, 1.82) is 0 Å². The number of aryl methyl sites for hydroxylation is 1. The lowest BCUT2D eigenvalue weighted by Gasteiger charge is -2.14. The van der Waals surface area contributed by atoms with Gasteiger partial charge in [-0.1, -0.05) is 31.2 Å². The maximum Gasteiger partial charge on any atom is 0.0833 e. The lowest BCUT2D eigenvalue weighted by Crippen LogP contribution is -2.09. The Hall–Kier alpha value is -0.860. The van der Waals surface area contributed by atoms with Crippen LogP contribution in [0.4, 0.5) is 0 Å². The van der Waals surface area contributed by atoms with Crippen LogP contribution in [0.1, 0.15) is 30.6 Å². The molecule has 0 heterocycles. The minimum Gasteiger partial charge on any atom is -0.377 e. The van der Waals surface area contributed by atoms with Gasteiger partial charge in [0.25, 0.3) is 0 Å². The Balaban J connectivity index is 2.73. The minimum absolute atomic E-state index is 0.144. The summed E-state index contributed by atoms with van der Waals surface area (Å²) in [7, 11) is 1.73. The van der Waals surface area contributed by atoms with Crippen molar-refractivity contribution in [3.63, 3.8) is 0 Å². The molecule has 78 valence electrons. The zero-order valence-corrected chi connectivity index (χ0v) is 8.99. The highest BCUT2D eigenvalue weighted by Gasteiger charge is 2.08. The van der Waals surface area contributed by atoms with Crippen LogP contribution >= 0.6 is 0 Å². The van der Waals surface area contributed by atoms with E-state index in [2.05, 4.69) is 31.2 Å². The van der Waals surface area contributed by atoms with E-state index in [-0.39, 0.29) is 6.10 Å². The number of nitrogens with two attached hydrogens (primary N) is 1. The first kappa shape index (κ1) is 11.2. The van der Waals surface area contributed by atoms with Crippen molar-refractivity contribution >= 4 is 0 Å². The van der Waals surface area contributed by atoms with Crippen molar-refractivity contribution in [2.24, 2.45) is 5.73 Å². The van der Waals surface area contributed by atoms with E-state index in [0.29, 0.717) is 6.54 Å². The zero-order valence-electron chi connectivity index (χ0n) is 8.99. The molecule has 0 amide bonds. The Morgan fingerprint density at radius 3 is 2.36 bits per heavy atom. The van der Waals surface area contributed by atoms with Gasteiger partial charge in [0, 0.05) is 7.11 Å². The van der Waals surface area contributed by atoms with Gasteiger partial charge in [-0.05, 0) is 30.5 Å². The first-order chi connectivity index (χ1) is 6.81. The largest absolute Gasteiger partial charge is 0.377 e. The fourth-order valence-corrected chi connectivity index (χ4v) is 1.54. The highest BCUT2D eigenvalue weighted by Crippen LogP contribution is 2.20. The number of ether oxygens (including phenoxy) is 1. The number of rotatable bonds is 5. The van der Waals surface area contributed by atoms with Gasteiger partial charge in [0.2, 0.25) is 0 Å². The number of methoxy groups -OCH3 is 1. The van der Waals surface area contributed by atoms with Gasteiger partial charge in [0.1, 0.15) is 0 Å². The molecular weight excluding hydrogens is 174 g/mol. The second kappa shape index (κ2) is 5.78. The number of benzene rings is 1. The number of hydrogen-bond donors (Lipinski definition) is 1. The summed E-state index contributed by atoms with van der Waals surface area (Å²) in [4.78, 5) is 0. The molecule has 0 radical (unpaired) electrons. The Morgan fingerprint density at radius 2 is 1.93 bits per heavy atom. The lowest BCUT2D eigenvalue weighted by molar-refractivity contribution is 0.0978. The zero-order chi connectivity index (χ0) is 10.4. The summed E-state index contributed by atoms with van der Waals surface area (Å²) in [6.07, 6.45) is 2.10. The minimum atomic E-state index is 0.144. The van der Waals surface area contributed by atoms with E-state index >= 15 is 0 Å². The van der Waals surface area contributed by atoms with E-state index in [1.807, 2.05) is 0 Å². The van der Waals surface area contributed by atoms with Crippen LogP contribution in [0.25, 0.3) is 0 Å². The second-order valence-corrected chi connectivity index (χ2v) is 3.40. The maximum absolute atomic E-state index is 5.52. The van der Waals surface area contributed by atoms with Crippen LogP contribution in [0.5, 0.6) is 0 Å². The molecule has 1 rings (SSSR count). The summed E-state index contributed by atoms with van der Waals surface area (Å²) in [5.41, 5.74) is 8.09. The van der Waals surface area contributed by atoms with Crippen LogP contribution in [-0.4, -0.2) is 13.7 Å². The molecule has 0 saturated heterocycles. The van der Waals surface area contributed by atoms with Crippen molar-refractivity contribution < 1.29 is 4.74 Å².